The van der Waals surface area contributed by atoms with Crippen molar-refractivity contribution in [2.24, 2.45) is 0 Å². The number of esters is 1. The summed E-state index contributed by atoms with van der Waals surface area (Å²) in [5.41, 5.74) is 1.33. The Morgan fingerprint density at radius 3 is 2.65 bits per heavy atom. The molecule has 1 heterocycles. The van der Waals surface area contributed by atoms with Crippen LogP contribution in [0.1, 0.15) is 22.0 Å². The maximum Gasteiger partial charge on any atom is 0.338 e. The molecular formula is C19H17Cl2NO4. The SMILES string of the molecule is O=C(OCCN1CC(c2ccc(Cl)c(Cl)c2)OCC1=O)c1ccccc1. The van der Waals surface area contributed by atoms with Gasteiger partial charge in [-0.3, -0.25) is 4.79 Å². The van der Waals surface area contributed by atoms with Crippen LogP contribution in [0.25, 0.3) is 0 Å². The van der Waals surface area contributed by atoms with Gasteiger partial charge in [-0.15, -0.1) is 0 Å². The van der Waals surface area contributed by atoms with Gasteiger partial charge in [-0.25, -0.2) is 4.79 Å². The lowest BCUT2D eigenvalue weighted by atomic mass is 10.1. The van der Waals surface area contributed by atoms with E-state index in [0.717, 1.165) is 5.56 Å². The second-order valence-electron chi connectivity index (χ2n) is 5.81. The van der Waals surface area contributed by atoms with Gasteiger partial charge < -0.3 is 14.4 Å². The molecule has 1 saturated heterocycles. The Hall–Kier alpha value is -2.08. The van der Waals surface area contributed by atoms with Crippen molar-refractivity contribution in [3.63, 3.8) is 0 Å². The first kappa shape index (κ1) is 18.7. The Labute approximate surface area is 161 Å². The van der Waals surface area contributed by atoms with Gasteiger partial charge in [0.05, 0.1) is 28.7 Å². The second kappa shape index (κ2) is 8.54. The molecule has 1 fully saturated rings. The molecule has 0 radical (unpaired) electrons. The molecule has 3 rings (SSSR count). The lowest BCUT2D eigenvalue weighted by Crippen LogP contribution is -2.44. The monoisotopic (exact) mass is 393 g/mol. The highest BCUT2D eigenvalue weighted by Gasteiger charge is 2.27. The van der Waals surface area contributed by atoms with Gasteiger partial charge in [-0.05, 0) is 29.8 Å². The van der Waals surface area contributed by atoms with Gasteiger partial charge in [0.1, 0.15) is 19.3 Å². The summed E-state index contributed by atoms with van der Waals surface area (Å²) in [6, 6.07) is 14.0. The van der Waals surface area contributed by atoms with E-state index in [2.05, 4.69) is 0 Å². The average molecular weight is 394 g/mol. The number of amides is 1. The molecule has 0 spiro atoms. The summed E-state index contributed by atoms with van der Waals surface area (Å²) in [7, 11) is 0. The fraction of sp³-hybridized carbons (Fsp3) is 0.263. The van der Waals surface area contributed by atoms with E-state index in [1.54, 1.807) is 41.3 Å². The predicted molar refractivity (Wildman–Crippen MR) is 98.5 cm³/mol. The Balaban J connectivity index is 1.56. The third kappa shape index (κ3) is 4.55. The summed E-state index contributed by atoms with van der Waals surface area (Å²) in [5.74, 6) is -0.551. The van der Waals surface area contributed by atoms with Crippen LogP contribution in [-0.4, -0.2) is 43.1 Å². The molecule has 1 aliphatic rings. The minimum atomic E-state index is -0.410. The molecule has 136 valence electrons. The number of carbonyl (C=O) groups is 2. The minimum Gasteiger partial charge on any atom is -0.460 e. The van der Waals surface area contributed by atoms with E-state index >= 15 is 0 Å². The molecule has 2 aromatic rings. The van der Waals surface area contributed by atoms with E-state index in [1.807, 2.05) is 12.1 Å². The predicted octanol–water partition coefficient (Wildman–Crippen LogP) is 3.75. The number of nitrogens with zero attached hydrogens (tertiary/aromatic N) is 1. The molecular weight excluding hydrogens is 377 g/mol. The molecule has 0 N–H and O–H groups in total. The van der Waals surface area contributed by atoms with Gasteiger partial charge in [0.2, 0.25) is 5.91 Å². The molecule has 0 saturated carbocycles. The van der Waals surface area contributed by atoms with Crippen molar-refractivity contribution in [3.8, 4) is 0 Å². The first-order valence-electron chi connectivity index (χ1n) is 8.11. The van der Waals surface area contributed by atoms with Crippen LogP contribution in [0.4, 0.5) is 0 Å². The Morgan fingerprint density at radius 2 is 1.92 bits per heavy atom. The van der Waals surface area contributed by atoms with E-state index in [0.29, 0.717) is 28.7 Å². The summed E-state index contributed by atoms with van der Waals surface area (Å²) in [4.78, 5) is 25.6. The minimum absolute atomic E-state index is 0.0302. The standard InChI is InChI=1S/C19H17Cl2NO4/c20-15-7-6-14(10-16(15)21)17-11-22(18(23)12-26-17)8-9-25-19(24)13-4-2-1-3-5-13/h1-7,10,17H,8-9,11-12H2. The molecule has 1 amide bonds. The van der Waals surface area contributed by atoms with Crippen LogP contribution in [0.2, 0.25) is 10.0 Å². The van der Waals surface area contributed by atoms with Crippen LogP contribution in [0.15, 0.2) is 48.5 Å². The van der Waals surface area contributed by atoms with Crippen molar-refractivity contribution in [2.75, 3.05) is 26.3 Å². The fourth-order valence-electron chi connectivity index (χ4n) is 2.65. The normalized spacial score (nSPS) is 17.2. The summed E-state index contributed by atoms with van der Waals surface area (Å²) in [6.07, 6.45) is -0.299. The van der Waals surface area contributed by atoms with E-state index in [1.165, 1.54) is 0 Å². The average Bonchev–Trinajstić information content (AvgIpc) is 2.66. The summed E-state index contributed by atoms with van der Waals surface area (Å²) >= 11 is 12.0. The number of benzene rings is 2. The molecule has 0 aliphatic carbocycles. The first-order chi connectivity index (χ1) is 12.5. The lowest BCUT2D eigenvalue weighted by molar-refractivity contribution is -0.150. The highest BCUT2D eigenvalue weighted by molar-refractivity contribution is 6.42. The number of hydrogen-bond donors (Lipinski definition) is 0. The van der Waals surface area contributed by atoms with Crippen LogP contribution in [0.3, 0.4) is 0 Å². The maximum absolute atomic E-state index is 12.1. The van der Waals surface area contributed by atoms with Crippen LogP contribution in [-0.2, 0) is 14.3 Å². The van der Waals surface area contributed by atoms with Crippen molar-refractivity contribution in [1.82, 2.24) is 4.90 Å². The molecule has 1 atom stereocenters. The molecule has 7 heteroatoms. The summed E-state index contributed by atoms with van der Waals surface area (Å²) < 4.78 is 10.8. The Morgan fingerprint density at radius 1 is 1.15 bits per heavy atom. The van der Waals surface area contributed by atoms with Gasteiger partial charge in [-0.1, -0.05) is 47.5 Å². The maximum atomic E-state index is 12.1. The number of ether oxygens (including phenoxy) is 2. The first-order valence-corrected chi connectivity index (χ1v) is 8.86. The third-order valence-corrected chi connectivity index (χ3v) is 4.81. The van der Waals surface area contributed by atoms with Crippen LogP contribution in [0.5, 0.6) is 0 Å². The van der Waals surface area contributed by atoms with Crippen LogP contribution in [0, 0.1) is 0 Å². The Kier molecular flexibility index (Phi) is 6.14. The molecule has 2 aromatic carbocycles. The molecule has 5 nitrogen and oxygen atoms in total. The lowest BCUT2D eigenvalue weighted by Gasteiger charge is -2.33. The molecule has 1 aliphatic heterocycles. The Bertz CT molecular complexity index is 797. The number of morpholine rings is 1. The summed E-state index contributed by atoms with van der Waals surface area (Å²) in [5, 5.41) is 0.903. The summed E-state index contributed by atoms with van der Waals surface area (Å²) in [6.45, 7) is 0.753. The van der Waals surface area contributed by atoms with Crippen molar-refractivity contribution in [2.45, 2.75) is 6.10 Å². The number of hydrogen-bond acceptors (Lipinski definition) is 4. The molecule has 0 aromatic heterocycles. The zero-order valence-electron chi connectivity index (χ0n) is 13.9. The molecule has 0 bridgehead atoms. The van der Waals surface area contributed by atoms with Crippen molar-refractivity contribution in [1.29, 1.82) is 0 Å². The van der Waals surface area contributed by atoms with Gasteiger partial charge in [0.15, 0.2) is 0 Å². The number of rotatable bonds is 5. The van der Waals surface area contributed by atoms with Crippen LogP contribution < -0.4 is 0 Å². The third-order valence-electron chi connectivity index (χ3n) is 4.07. The van der Waals surface area contributed by atoms with Gasteiger partial charge in [0.25, 0.3) is 0 Å². The van der Waals surface area contributed by atoms with Crippen molar-refractivity contribution in [3.05, 3.63) is 69.7 Å². The van der Waals surface area contributed by atoms with Gasteiger partial charge >= 0.3 is 5.97 Å². The van der Waals surface area contributed by atoms with Crippen LogP contribution >= 0.6 is 23.2 Å². The number of halogens is 2. The topological polar surface area (TPSA) is 55.8 Å². The smallest absolute Gasteiger partial charge is 0.338 e. The van der Waals surface area contributed by atoms with E-state index in [4.69, 9.17) is 32.7 Å². The largest absolute Gasteiger partial charge is 0.460 e. The van der Waals surface area contributed by atoms with E-state index in [9.17, 15) is 9.59 Å². The highest BCUT2D eigenvalue weighted by Crippen LogP contribution is 2.29. The van der Waals surface area contributed by atoms with Gasteiger partial charge in [0, 0.05) is 0 Å². The van der Waals surface area contributed by atoms with Crippen molar-refractivity contribution < 1.29 is 19.1 Å². The molecule has 26 heavy (non-hydrogen) atoms. The van der Waals surface area contributed by atoms with Gasteiger partial charge in [-0.2, -0.15) is 0 Å². The second-order valence-corrected chi connectivity index (χ2v) is 6.63. The highest BCUT2D eigenvalue weighted by atomic mass is 35.5. The number of carbonyl (C=O) groups excluding carboxylic acids is 2. The zero-order valence-corrected chi connectivity index (χ0v) is 15.4. The quantitative estimate of drug-likeness (QED) is 0.725. The van der Waals surface area contributed by atoms with Crippen molar-refractivity contribution >= 4 is 35.1 Å². The molecule has 1 unspecified atom stereocenters. The fourth-order valence-corrected chi connectivity index (χ4v) is 2.96. The zero-order chi connectivity index (χ0) is 18.5. The van der Waals surface area contributed by atoms with E-state index in [-0.39, 0.29) is 25.2 Å². The van der Waals surface area contributed by atoms with E-state index < -0.39 is 5.97 Å².